The van der Waals surface area contributed by atoms with E-state index in [9.17, 15) is 28.8 Å². The first kappa shape index (κ1) is 37.0. The van der Waals surface area contributed by atoms with E-state index in [-0.39, 0.29) is 38.1 Å². The van der Waals surface area contributed by atoms with Gasteiger partial charge in [-0.05, 0) is 81.0 Å². The van der Waals surface area contributed by atoms with Crippen molar-refractivity contribution in [2.45, 2.75) is 104 Å². The molecule has 14 heteroatoms. The van der Waals surface area contributed by atoms with Crippen molar-refractivity contribution in [3.8, 4) is 0 Å². The van der Waals surface area contributed by atoms with Crippen molar-refractivity contribution in [2.75, 3.05) is 10.2 Å². The molecule has 0 radical (unpaired) electrons. The van der Waals surface area contributed by atoms with Crippen molar-refractivity contribution >= 4 is 58.4 Å². The van der Waals surface area contributed by atoms with E-state index in [0.717, 1.165) is 5.56 Å². The molecule has 2 aromatic rings. The lowest BCUT2D eigenvalue weighted by Crippen LogP contribution is -2.61. The maximum absolute atomic E-state index is 14.0. The number of hydrogen-bond donors (Lipinski definition) is 5. The number of benzene rings is 1. The molecule has 0 aliphatic carbocycles. The minimum Gasteiger partial charge on any atom is -0.481 e. The van der Waals surface area contributed by atoms with E-state index >= 15 is 0 Å². The van der Waals surface area contributed by atoms with Gasteiger partial charge in [-0.1, -0.05) is 26.0 Å². The summed E-state index contributed by atoms with van der Waals surface area (Å²) in [6.07, 6.45) is -0.967. The smallest absolute Gasteiger partial charge is 0.408 e. The van der Waals surface area contributed by atoms with Gasteiger partial charge in [0.15, 0.2) is 0 Å². The molecule has 47 heavy (non-hydrogen) atoms. The first-order chi connectivity index (χ1) is 21.9. The zero-order valence-corrected chi connectivity index (χ0v) is 28.7. The maximum Gasteiger partial charge on any atom is 0.408 e. The van der Waals surface area contributed by atoms with Crippen LogP contribution >= 0.6 is 11.3 Å². The molecule has 0 bridgehead atoms. The maximum atomic E-state index is 14.0. The number of nitrogens with one attached hydrogen (secondary N) is 4. The molecule has 13 nitrogen and oxygen atoms in total. The van der Waals surface area contributed by atoms with Crippen LogP contribution < -0.4 is 26.2 Å². The molecule has 1 aromatic carbocycles. The second-order valence-electron chi connectivity index (χ2n) is 13.5. The van der Waals surface area contributed by atoms with Gasteiger partial charge in [0.25, 0.3) is 0 Å². The highest BCUT2D eigenvalue weighted by atomic mass is 32.1. The number of para-hydroxylation sites is 1. The highest BCUT2D eigenvalue weighted by Gasteiger charge is 2.39. The fraction of sp³-hybridized carbons (Fsp3) is 0.515. The van der Waals surface area contributed by atoms with Crippen LogP contribution in [0.4, 0.5) is 16.2 Å². The van der Waals surface area contributed by atoms with Gasteiger partial charge in [0.2, 0.25) is 23.6 Å². The molecule has 5 N–H and O–H groups in total. The minimum atomic E-state index is -1.42. The summed E-state index contributed by atoms with van der Waals surface area (Å²) in [6, 6.07) is 5.03. The van der Waals surface area contributed by atoms with E-state index in [1.165, 1.54) is 30.1 Å². The average molecular weight is 672 g/mol. The molecular formula is C33H45N5O8S. The second-order valence-corrected chi connectivity index (χ2v) is 14.3. The number of fused-ring (bicyclic) bond motifs is 1. The van der Waals surface area contributed by atoms with Gasteiger partial charge in [-0.25, -0.2) is 4.79 Å². The van der Waals surface area contributed by atoms with Crippen molar-refractivity contribution in [3.63, 3.8) is 0 Å². The third-order valence-corrected chi connectivity index (χ3v) is 7.90. The molecule has 1 aliphatic heterocycles. The van der Waals surface area contributed by atoms with Crippen LogP contribution in [0.25, 0.3) is 0 Å². The Kier molecular flexibility index (Phi) is 12.1. The van der Waals surface area contributed by atoms with Gasteiger partial charge in [0.05, 0.1) is 24.3 Å². The topological polar surface area (TPSA) is 183 Å². The molecule has 1 aliphatic rings. The van der Waals surface area contributed by atoms with Crippen LogP contribution in [0.1, 0.15) is 78.9 Å². The van der Waals surface area contributed by atoms with Crippen LogP contribution in [-0.2, 0) is 41.7 Å². The molecule has 1 unspecified atom stereocenters. The van der Waals surface area contributed by atoms with Crippen LogP contribution in [0, 0.1) is 5.92 Å². The Bertz CT molecular complexity index is 1480. The summed E-state index contributed by atoms with van der Waals surface area (Å²) in [6.45, 7) is 12.1. The summed E-state index contributed by atoms with van der Waals surface area (Å²) in [4.78, 5) is 78.5. The zero-order valence-electron chi connectivity index (χ0n) is 27.9. The Balaban J connectivity index is 1.85. The van der Waals surface area contributed by atoms with Crippen molar-refractivity contribution in [3.05, 3.63) is 46.2 Å². The van der Waals surface area contributed by atoms with Crippen LogP contribution in [-0.4, -0.2) is 64.0 Å². The van der Waals surface area contributed by atoms with Gasteiger partial charge >= 0.3 is 12.1 Å². The zero-order chi connectivity index (χ0) is 35.1. The highest BCUT2D eigenvalue weighted by molar-refractivity contribution is 7.07. The van der Waals surface area contributed by atoms with Crippen molar-refractivity contribution in [1.29, 1.82) is 0 Å². The van der Waals surface area contributed by atoms with Gasteiger partial charge < -0.3 is 36.0 Å². The fourth-order valence-corrected chi connectivity index (χ4v) is 5.64. The van der Waals surface area contributed by atoms with Gasteiger partial charge in [-0.2, -0.15) is 11.3 Å². The number of amides is 5. The Morgan fingerprint density at radius 2 is 1.77 bits per heavy atom. The van der Waals surface area contributed by atoms with E-state index in [2.05, 4.69) is 21.3 Å². The van der Waals surface area contributed by atoms with Crippen molar-refractivity contribution in [2.24, 2.45) is 5.92 Å². The normalized spacial score (nSPS) is 15.4. The molecule has 5 amide bonds. The molecule has 2 heterocycles. The summed E-state index contributed by atoms with van der Waals surface area (Å²) in [5, 5.41) is 23.6. The SMILES string of the molecule is CC(C)C[C@@H](NC(=O)C(C)(C)NC(=O)OC(C)(C)C)C(=O)NC1Cc2cccc(NC(=O)CCC(=O)O)c2N(Cc2ccsc2)C1=O. The number of anilines is 2. The number of carbonyl (C=O) groups is 6. The van der Waals surface area contributed by atoms with E-state index < -0.39 is 58.9 Å². The number of nitrogens with zero attached hydrogens (tertiary/aromatic N) is 1. The van der Waals surface area contributed by atoms with Gasteiger partial charge in [-0.15, -0.1) is 0 Å². The van der Waals surface area contributed by atoms with Crippen LogP contribution in [0.15, 0.2) is 35.0 Å². The molecule has 0 saturated heterocycles. The van der Waals surface area contributed by atoms with E-state index in [4.69, 9.17) is 9.84 Å². The minimum absolute atomic E-state index is 0.00172. The number of thiophene rings is 1. The Morgan fingerprint density at radius 3 is 2.36 bits per heavy atom. The third-order valence-electron chi connectivity index (χ3n) is 7.16. The third kappa shape index (κ3) is 10.8. The molecular weight excluding hydrogens is 626 g/mol. The Hall–Kier alpha value is -4.46. The summed E-state index contributed by atoms with van der Waals surface area (Å²) in [5.74, 6) is -3.18. The number of aliphatic carboxylic acids is 1. The van der Waals surface area contributed by atoms with Crippen LogP contribution in [0.3, 0.4) is 0 Å². The largest absolute Gasteiger partial charge is 0.481 e. The highest BCUT2D eigenvalue weighted by Crippen LogP contribution is 2.37. The lowest BCUT2D eigenvalue weighted by atomic mass is 9.94. The predicted molar refractivity (Wildman–Crippen MR) is 178 cm³/mol. The lowest BCUT2D eigenvalue weighted by Gasteiger charge is -2.36. The number of carboxylic acids is 1. The summed E-state index contributed by atoms with van der Waals surface area (Å²) < 4.78 is 5.28. The molecule has 256 valence electrons. The Labute approximate surface area is 278 Å². The van der Waals surface area contributed by atoms with E-state index in [1.54, 1.807) is 39.0 Å². The van der Waals surface area contributed by atoms with E-state index in [0.29, 0.717) is 16.9 Å². The monoisotopic (exact) mass is 671 g/mol. The van der Waals surface area contributed by atoms with Crippen molar-refractivity contribution < 1.29 is 38.6 Å². The number of rotatable bonds is 13. The first-order valence-corrected chi connectivity index (χ1v) is 16.4. The van der Waals surface area contributed by atoms with Gasteiger partial charge in [0, 0.05) is 12.8 Å². The van der Waals surface area contributed by atoms with E-state index in [1.807, 2.05) is 30.7 Å². The molecule has 1 aromatic heterocycles. The van der Waals surface area contributed by atoms with Crippen LogP contribution in [0.5, 0.6) is 0 Å². The molecule has 0 saturated carbocycles. The average Bonchev–Trinajstić information content (AvgIpc) is 3.45. The number of carboxylic acid groups (broad SMARTS) is 1. The summed E-state index contributed by atoms with van der Waals surface area (Å²) in [5.41, 5.74) is 0.174. The summed E-state index contributed by atoms with van der Waals surface area (Å²) >= 11 is 1.46. The number of alkyl carbamates (subject to hydrolysis) is 1. The number of carbonyl (C=O) groups excluding carboxylic acids is 5. The van der Waals surface area contributed by atoms with Gasteiger partial charge in [-0.3, -0.25) is 24.0 Å². The first-order valence-electron chi connectivity index (χ1n) is 15.4. The standard InChI is InChI=1S/C33H45N5O8S/c1-19(2)15-23(36-30(44)33(6,7)37-31(45)46-32(3,4)5)28(42)35-24-16-21-9-8-10-22(34-25(39)11-12-26(40)41)27(21)38(29(24)43)17-20-13-14-47-18-20/h8-10,13-14,18-19,23-24H,11-12,15-17H2,1-7H3,(H,34,39)(H,35,42)(H,36,44)(H,37,45)(H,40,41)/t23-,24?/m1/s1. The van der Waals surface area contributed by atoms with Gasteiger partial charge in [0.1, 0.15) is 23.2 Å². The van der Waals surface area contributed by atoms with Crippen LogP contribution in [0.2, 0.25) is 0 Å². The van der Waals surface area contributed by atoms with Crippen molar-refractivity contribution in [1.82, 2.24) is 16.0 Å². The molecule has 0 fully saturated rings. The lowest BCUT2D eigenvalue weighted by molar-refractivity contribution is -0.138. The Morgan fingerprint density at radius 1 is 1.06 bits per heavy atom. The molecule has 2 atom stereocenters. The molecule has 3 rings (SSSR count). The quantitative estimate of drug-likeness (QED) is 0.212. The molecule has 0 spiro atoms. The second kappa shape index (κ2) is 15.4. The fourth-order valence-electron chi connectivity index (χ4n) is 4.98. The summed E-state index contributed by atoms with van der Waals surface area (Å²) in [7, 11) is 0. The predicted octanol–water partition coefficient (Wildman–Crippen LogP) is 3.96. The number of ether oxygens (including phenoxy) is 1. The number of hydrogen-bond acceptors (Lipinski definition) is 8.